The number of carbonyl (C=O) groups excluding carboxylic acids is 2. The first-order valence-electron chi connectivity index (χ1n) is 11.7. The van der Waals surface area contributed by atoms with Crippen molar-refractivity contribution in [3.63, 3.8) is 0 Å². The molecule has 2 aromatic carbocycles. The molecule has 0 N–H and O–H groups in total. The molecule has 2 heterocycles. The van der Waals surface area contributed by atoms with E-state index in [9.17, 15) is 22.8 Å². The number of rotatable bonds is 5. The number of thiocarbonyl (C=S) groups is 1. The monoisotopic (exact) mass is 579 g/mol. The van der Waals surface area contributed by atoms with Gasteiger partial charge in [-0.25, -0.2) is 4.79 Å². The van der Waals surface area contributed by atoms with Crippen LogP contribution >= 0.6 is 35.7 Å². The summed E-state index contributed by atoms with van der Waals surface area (Å²) in [5.74, 6) is -2.10. The molecule has 0 bridgehead atoms. The Morgan fingerprint density at radius 2 is 1.71 bits per heavy atom. The molecule has 2 aliphatic heterocycles. The molecule has 1 amide bonds. The highest BCUT2D eigenvalue weighted by Gasteiger charge is 2.53. The second-order valence-corrected chi connectivity index (χ2v) is 11.5. The number of fused-ring (bicyclic) bond motifs is 1. The van der Waals surface area contributed by atoms with Crippen LogP contribution in [-0.4, -0.2) is 41.7 Å². The third-order valence-corrected chi connectivity index (χ3v) is 9.20. The standard InChI is InChI=1S/C27H24F3NO4S3/c1-5-34-16-12-13-18-17(14-16)19(22(36)26(3,4)31(18)25(33)27(28,29)30)24-37-20(15-10-8-7-9-11-15)21(38-24)23(32)35-6-2/h7-14H,5-6H2,1-4H3/b24-19+. The summed E-state index contributed by atoms with van der Waals surface area (Å²) in [4.78, 5) is 27.4. The number of carbonyl (C=O) groups is 2. The summed E-state index contributed by atoms with van der Waals surface area (Å²) in [6.45, 7) is 6.99. The highest BCUT2D eigenvalue weighted by atomic mass is 32.2. The maximum Gasteiger partial charge on any atom is 0.471 e. The molecule has 38 heavy (non-hydrogen) atoms. The number of amides is 1. The molecular weight excluding hydrogens is 555 g/mol. The lowest BCUT2D eigenvalue weighted by Crippen LogP contribution is -2.59. The normalized spacial score (nSPS) is 18.9. The number of alkyl halides is 3. The van der Waals surface area contributed by atoms with E-state index in [0.717, 1.165) is 17.3 Å². The zero-order valence-corrected chi connectivity index (χ0v) is 23.4. The minimum Gasteiger partial charge on any atom is -0.494 e. The number of hydrogen-bond acceptors (Lipinski definition) is 7. The van der Waals surface area contributed by atoms with Crippen molar-refractivity contribution in [2.24, 2.45) is 0 Å². The van der Waals surface area contributed by atoms with Crippen molar-refractivity contribution in [1.82, 2.24) is 0 Å². The molecule has 200 valence electrons. The predicted molar refractivity (Wildman–Crippen MR) is 150 cm³/mol. The Balaban J connectivity index is 1.95. The number of thioether (sulfide) groups is 2. The highest BCUT2D eigenvalue weighted by Crippen LogP contribution is 2.59. The van der Waals surface area contributed by atoms with Crippen LogP contribution in [0.2, 0.25) is 0 Å². The first kappa shape index (κ1) is 28.3. The Kier molecular flexibility index (Phi) is 8.02. The van der Waals surface area contributed by atoms with Crippen LogP contribution < -0.4 is 9.64 Å². The third-order valence-electron chi connectivity index (χ3n) is 5.87. The fourth-order valence-electron chi connectivity index (χ4n) is 4.20. The van der Waals surface area contributed by atoms with E-state index in [2.05, 4.69) is 0 Å². The van der Waals surface area contributed by atoms with Gasteiger partial charge in [0.2, 0.25) is 0 Å². The molecule has 2 aliphatic rings. The first-order chi connectivity index (χ1) is 17.9. The lowest BCUT2D eigenvalue weighted by atomic mass is 9.83. The molecule has 0 atom stereocenters. The Hall–Kier alpha value is -2.76. The largest absolute Gasteiger partial charge is 0.494 e. The SMILES string of the molecule is CCOC(=O)C1=C(c2ccccc2)S/C(=C2\C(=S)C(C)(C)N(C(=O)C(F)(F)F)c3ccc(OCC)cc32)S1. The zero-order chi connectivity index (χ0) is 27.8. The summed E-state index contributed by atoms with van der Waals surface area (Å²) in [5, 5.41) is 0. The summed E-state index contributed by atoms with van der Waals surface area (Å²) in [5.41, 5.74) is 0.164. The van der Waals surface area contributed by atoms with Crippen molar-refractivity contribution in [2.75, 3.05) is 18.1 Å². The Morgan fingerprint density at radius 3 is 2.32 bits per heavy atom. The van der Waals surface area contributed by atoms with Crippen molar-refractivity contribution in [1.29, 1.82) is 0 Å². The molecule has 0 fully saturated rings. The van der Waals surface area contributed by atoms with Crippen LogP contribution in [0.3, 0.4) is 0 Å². The average Bonchev–Trinajstić information content (AvgIpc) is 3.30. The van der Waals surface area contributed by atoms with Crippen molar-refractivity contribution < 1.29 is 32.2 Å². The van der Waals surface area contributed by atoms with Gasteiger partial charge in [0.25, 0.3) is 0 Å². The van der Waals surface area contributed by atoms with Crippen LogP contribution in [0.1, 0.15) is 38.8 Å². The zero-order valence-electron chi connectivity index (χ0n) is 21.0. The van der Waals surface area contributed by atoms with Gasteiger partial charge >= 0.3 is 18.1 Å². The maximum absolute atomic E-state index is 13.7. The van der Waals surface area contributed by atoms with Crippen LogP contribution in [0, 0.1) is 0 Å². The number of esters is 1. The minimum absolute atomic E-state index is 0.0592. The molecule has 2 aromatic rings. The van der Waals surface area contributed by atoms with Crippen LogP contribution in [0.4, 0.5) is 18.9 Å². The van der Waals surface area contributed by atoms with Gasteiger partial charge in [-0.1, -0.05) is 66.1 Å². The van der Waals surface area contributed by atoms with Crippen LogP contribution in [0.25, 0.3) is 10.5 Å². The Bertz CT molecular complexity index is 1370. The van der Waals surface area contributed by atoms with Crippen LogP contribution in [-0.2, 0) is 14.3 Å². The summed E-state index contributed by atoms with van der Waals surface area (Å²) in [6.07, 6.45) is -5.11. The molecule has 0 unspecified atom stereocenters. The fourth-order valence-corrected chi connectivity index (χ4v) is 7.33. The maximum atomic E-state index is 13.7. The molecule has 0 radical (unpaired) electrons. The van der Waals surface area contributed by atoms with Gasteiger partial charge in [-0.05, 0) is 51.5 Å². The van der Waals surface area contributed by atoms with Gasteiger partial charge in [-0.3, -0.25) is 9.69 Å². The van der Waals surface area contributed by atoms with E-state index in [0.29, 0.717) is 42.4 Å². The smallest absolute Gasteiger partial charge is 0.471 e. The lowest BCUT2D eigenvalue weighted by molar-refractivity contribution is -0.171. The number of nitrogens with zero attached hydrogens (tertiary/aromatic N) is 1. The quantitative estimate of drug-likeness (QED) is 0.211. The highest BCUT2D eigenvalue weighted by molar-refractivity contribution is 8.32. The van der Waals surface area contributed by atoms with E-state index in [1.54, 1.807) is 19.9 Å². The molecule has 0 spiro atoms. The van der Waals surface area contributed by atoms with Crippen molar-refractivity contribution >= 4 is 68.6 Å². The van der Waals surface area contributed by atoms with E-state index in [4.69, 9.17) is 21.7 Å². The van der Waals surface area contributed by atoms with E-state index < -0.39 is 23.6 Å². The van der Waals surface area contributed by atoms with Crippen molar-refractivity contribution in [3.05, 3.63) is 68.8 Å². The molecule has 0 aliphatic carbocycles. The second-order valence-electron chi connectivity index (χ2n) is 8.75. The Labute approximate surface area is 232 Å². The number of hydrogen-bond donors (Lipinski definition) is 0. The predicted octanol–water partition coefficient (Wildman–Crippen LogP) is 7.22. The van der Waals surface area contributed by atoms with E-state index >= 15 is 0 Å². The first-order valence-corrected chi connectivity index (χ1v) is 13.8. The Morgan fingerprint density at radius 1 is 1.03 bits per heavy atom. The second kappa shape index (κ2) is 10.8. The van der Waals surface area contributed by atoms with Gasteiger partial charge in [-0.15, -0.1) is 0 Å². The molecule has 4 rings (SSSR count). The average molecular weight is 580 g/mol. The lowest BCUT2D eigenvalue weighted by Gasteiger charge is -2.45. The molecule has 11 heteroatoms. The van der Waals surface area contributed by atoms with Gasteiger partial charge in [0.15, 0.2) is 0 Å². The van der Waals surface area contributed by atoms with Gasteiger partial charge < -0.3 is 9.47 Å². The summed E-state index contributed by atoms with van der Waals surface area (Å²) >= 11 is 8.26. The summed E-state index contributed by atoms with van der Waals surface area (Å²) in [6, 6.07) is 13.8. The fraction of sp³-hybridized carbons (Fsp3) is 0.296. The third kappa shape index (κ3) is 5.11. The van der Waals surface area contributed by atoms with Gasteiger partial charge in [0.1, 0.15) is 10.7 Å². The summed E-state index contributed by atoms with van der Waals surface area (Å²) < 4.78 is 52.7. The van der Waals surface area contributed by atoms with E-state index in [-0.39, 0.29) is 17.2 Å². The number of ether oxygens (including phenoxy) is 2. The molecular formula is C27H24F3NO4S3. The van der Waals surface area contributed by atoms with Crippen molar-refractivity contribution in [3.8, 4) is 5.75 Å². The summed E-state index contributed by atoms with van der Waals surface area (Å²) in [7, 11) is 0. The number of anilines is 1. The molecule has 5 nitrogen and oxygen atoms in total. The van der Waals surface area contributed by atoms with Crippen LogP contribution in [0.15, 0.2) is 57.7 Å². The molecule has 0 aromatic heterocycles. The van der Waals surface area contributed by atoms with Gasteiger partial charge in [0.05, 0.1) is 33.5 Å². The minimum atomic E-state index is -5.11. The number of halogens is 3. The van der Waals surface area contributed by atoms with Gasteiger partial charge in [0, 0.05) is 16.0 Å². The van der Waals surface area contributed by atoms with Gasteiger partial charge in [-0.2, -0.15) is 13.2 Å². The molecule has 0 saturated heterocycles. The van der Waals surface area contributed by atoms with Crippen molar-refractivity contribution in [2.45, 2.75) is 39.4 Å². The number of benzene rings is 2. The van der Waals surface area contributed by atoms with E-state index in [1.807, 2.05) is 30.3 Å². The van der Waals surface area contributed by atoms with Crippen LogP contribution in [0.5, 0.6) is 5.75 Å². The molecule has 0 saturated carbocycles. The van der Waals surface area contributed by atoms with E-state index in [1.165, 1.54) is 37.7 Å². The topological polar surface area (TPSA) is 55.8 Å².